The second kappa shape index (κ2) is 8.24. The van der Waals surface area contributed by atoms with Gasteiger partial charge in [0.2, 0.25) is 5.91 Å². The molecule has 3 heterocycles. The first kappa shape index (κ1) is 18.8. The van der Waals surface area contributed by atoms with E-state index in [1.807, 2.05) is 11.0 Å². The number of fused-ring (bicyclic) bond motifs is 1. The molecule has 1 amide bonds. The second-order valence-corrected chi connectivity index (χ2v) is 8.36. The van der Waals surface area contributed by atoms with E-state index in [2.05, 4.69) is 43.9 Å². The van der Waals surface area contributed by atoms with Crippen molar-refractivity contribution in [3.8, 4) is 0 Å². The van der Waals surface area contributed by atoms with Crippen LogP contribution in [0.2, 0.25) is 0 Å². The summed E-state index contributed by atoms with van der Waals surface area (Å²) < 4.78 is 7.71. The van der Waals surface area contributed by atoms with E-state index in [1.165, 1.54) is 18.4 Å². The van der Waals surface area contributed by atoms with Crippen LogP contribution in [0.3, 0.4) is 0 Å². The number of benzene rings is 1. The van der Waals surface area contributed by atoms with Gasteiger partial charge in [0.25, 0.3) is 0 Å². The van der Waals surface area contributed by atoms with Gasteiger partial charge in [0.1, 0.15) is 5.82 Å². The van der Waals surface area contributed by atoms with Gasteiger partial charge < -0.3 is 14.2 Å². The zero-order chi connectivity index (χ0) is 19.6. The van der Waals surface area contributed by atoms with E-state index < -0.39 is 0 Å². The topological polar surface area (TPSA) is 63.5 Å². The van der Waals surface area contributed by atoms with E-state index in [0.29, 0.717) is 12.5 Å². The third-order valence-corrected chi connectivity index (χ3v) is 6.38. The molecule has 0 spiro atoms. The molecule has 29 heavy (non-hydrogen) atoms. The second-order valence-electron chi connectivity index (χ2n) is 8.36. The number of nitrogens with zero attached hydrogens (tertiary/aromatic N) is 5. The van der Waals surface area contributed by atoms with Crippen molar-refractivity contribution in [2.24, 2.45) is 5.92 Å². The van der Waals surface area contributed by atoms with Crippen molar-refractivity contribution in [2.75, 3.05) is 32.8 Å². The van der Waals surface area contributed by atoms with Crippen molar-refractivity contribution < 1.29 is 9.53 Å². The number of hydrogen-bond donors (Lipinski definition) is 0. The van der Waals surface area contributed by atoms with E-state index in [-0.39, 0.29) is 11.9 Å². The summed E-state index contributed by atoms with van der Waals surface area (Å²) in [5.41, 5.74) is 1.32. The van der Waals surface area contributed by atoms with E-state index in [1.54, 1.807) is 0 Å². The Labute approximate surface area is 171 Å². The fourth-order valence-electron chi connectivity index (χ4n) is 4.60. The number of aryl methyl sites for hydroxylation is 2. The standard InChI is InChI=1S/C22H29N5O2/c28-22(21(18-7-8-18)25-12-14-29-15-13-25)26-10-11-27-19(23-24-20(27)16-26)9-6-17-4-2-1-3-5-17/h1-5,18,21H,6-16H2. The van der Waals surface area contributed by atoms with Gasteiger partial charge in [-0.25, -0.2) is 0 Å². The third-order valence-electron chi connectivity index (χ3n) is 6.38. The lowest BCUT2D eigenvalue weighted by Gasteiger charge is -2.38. The number of rotatable bonds is 6. The largest absolute Gasteiger partial charge is 0.379 e. The number of aromatic nitrogens is 3. The number of amides is 1. The summed E-state index contributed by atoms with van der Waals surface area (Å²) in [6, 6.07) is 10.5. The summed E-state index contributed by atoms with van der Waals surface area (Å²) in [6.07, 6.45) is 4.18. The molecule has 2 aliphatic heterocycles. The molecule has 1 aromatic heterocycles. The lowest BCUT2D eigenvalue weighted by atomic mass is 10.1. The van der Waals surface area contributed by atoms with Gasteiger partial charge in [-0.2, -0.15) is 0 Å². The van der Waals surface area contributed by atoms with Crippen LogP contribution in [-0.4, -0.2) is 69.4 Å². The summed E-state index contributed by atoms with van der Waals surface area (Å²) in [6.45, 7) is 5.30. The average molecular weight is 396 g/mol. The molecule has 1 atom stereocenters. The minimum absolute atomic E-state index is 0.0194. The molecule has 154 valence electrons. The van der Waals surface area contributed by atoms with Crippen molar-refractivity contribution in [2.45, 2.75) is 44.8 Å². The fraction of sp³-hybridized carbons (Fsp3) is 0.591. The lowest BCUT2D eigenvalue weighted by molar-refractivity contribution is -0.141. The van der Waals surface area contributed by atoms with Crippen LogP contribution in [0, 0.1) is 5.92 Å². The minimum Gasteiger partial charge on any atom is -0.379 e. The Bertz CT molecular complexity index is 842. The first-order valence-electron chi connectivity index (χ1n) is 10.8. The highest BCUT2D eigenvalue weighted by atomic mass is 16.5. The Balaban J connectivity index is 1.25. The molecule has 2 aromatic rings. The molecule has 0 radical (unpaired) electrons. The normalized spacial score (nSPS) is 21.0. The number of morpholine rings is 1. The minimum atomic E-state index is 0.0194. The van der Waals surface area contributed by atoms with Crippen molar-refractivity contribution >= 4 is 5.91 Å². The Morgan fingerprint density at radius 2 is 1.83 bits per heavy atom. The van der Waals surface area contributed by atoms with E-state index >= 15 is 0 Å². The maximum Gasteiger partial charge on any atom is 0.240 e. The zero-order valence-electron chi connectivity index (χ0n) is 16.9. The molecule has 1 saturated heterocycles. The average Bonchev–Trinajstić information content (AvgIpc) is 3.52. The number of ether oxygens (including phenoxy) is 1. The molecule has 7 nitrogen and oxygen atoms in total. The molecule has 0 N–H and O–H groups in total. The summed E-state index contributed by atoms with van der Waals surface area (Å²) in [5.74, 6) is 2.74. The number of hydrogen-bond acceptors (Lipinski definition) is 5. The summed E-state index contributed by atoms with van der Waals surface area (Å²) in [7, 11) is 0. The van der Waals surface area contributed by atoms with Gasteiger partial charge in [-0.05, 0) is 30.7 Å². The lowest BCUT2D eigenvalue weighted by Crippen LogP contribution is -2.54. The van der Waals surface area contributed by atoms with Crippen LogP contribution < -0.4 is 0 Å². The van der Waals surface area contributed by atoms with Crippen LogP contribution >= 0.6 is 0 Å². The van der Waals surface area contributed by atoms with Gasteiger partial charge in [-0.15, -0.1) is 10.2 Å². The van der Waals surface area contributed by atoms with Crippen LogP contribution in [-0.2, 0) is 35.5 Å². The van der Waals surface area contributed by atoms with Crippen LogP contribution in [0.1, 0.15) is 30.1 Å². The van der Waals surface area contributed by atoms with Crippen LogP contribution in [0.15, 0.2) is 30.3 Å². The Hall–Kier alpha value is -2.25. The van der Waals surface area contributed by atoms with Gasteiger partial charge in [0, 0.05) is 32.6 Å². The molecule has 2 fully saturated rings. The Kier molecular flexibility index (Phi) is 5.33. The predicted octanol–water partition coefficient (Wildman–Crippen LogP) is 1.52. The molecule has 1 aliphatic carbocycles. The van der Waals surface area contributed by atoms with Gasteiger partial charge >= 0.3 is 0 Å². The Morgan fingerprint density at radius 1 is 1.03 bits per heavy atom. The maximum atomic E-state index is 13.4. The highest BCUT2D eigenvalue weighted by Crippen LogP contribution is 2.37. The fourth-order valence-corrected chi connectivity index (χ4v) is 4.60. The summed E-state index contributed by atoms with van der Waals surface area (Å²) in [5, 5.41) is 8.86. The first-order chi connectivity index (χ1) is 14.3. The SMILES string of the molecule is O=C(C(C1CC1)N1CCOCC1)N1CCn2c(CCc3ccccc3)nnc2C1. The van der Waals surface area contributed by atoms with E-state index in [9.17, 15) is 4.79 Å². The molecule has 1 aromatic carbocycles. The molecular weight excluding hydrogens is 366 g/mol. The third kappa shape index (κ3) is 4.07. The highest BCUT2D eigenvalue weighted by Gasteiger charge is 2.43. The van der Waals surface area contributed by atoms with Gasteiger partial charge in [-0.1, -0.05) is 30.3 Å². The quantitative estimate of drug-likeness (QED) is 0.742. The molecule has 3 aliphatic rings. The van der Waals surface area contributed by atoms with Crippen molar-refractivity contribution in [3.63, 3.8) is 0 Å². The number of carbonyl (C=O) groups excluding carboxylic acids is 1. The van der Waals surface area contributed by atoms with E-state index in [4.69, 9.17) is 4.74 Å². The van der Waals surface area contributed by atoms with E-state index in [0.717, 1.165) is 63.9 Å². The monoisotopic (exact) mass is 395 g/mol. The van der Waals surface area contributed by atoms with Crippen molar-refractivity contribution in [1.82, 2.24) is 24.6 Å². The van der Waals surface area contributed by atoms with Gasteiger partial charge in [0.05, 0.1) is 25.8 Å². The van der Waals surface area contributed by atoms with Gasteiger partial charge in [-0.3, -0.25) is 9.69 Å². The van der Waals surface area contributed by atoms with Gasteiger partial charge in [0.15, 0.2) is 5.82 Å². The van der Waals surface area contributed by atoms with Crippen LogP contribution in [0.25, 0.3) is 0 Å². The molecule has 1 saturated carbocycles. The highest BCUT2D eigenvalue weighted by molar-refractivity contribution is 5.82. The smallest absolute Gasteiger partial charge is 0.240 e. The summed E-state index contributed by atoms with van der Waals surface area (Å²) >= 11 is 0. The molecule has 5 rings (SSSR count). The predicted molar refractivity (Wildman–Crippen MR) is 108 cm³/mol. The maximum absolute atomic E-state index is 13.4. The van der Waals surface area contributed by atoms with Crippen LogP contribution in [0.5, 0.6) is 0 Å². The molecule has 7 heteroatoms. The first-order valence-corrected chi connectivity index (χ1v) is 10.8. The molecule has 1 unspecified atom stereocenters. The molecular formula is C22H29N5O2. The van der Waals surface area contributed by atoms with Crippen molar-refractivity contribution in [1.29, 1.82) is 0 Å². The van der Waals surface area contributed by atoms with Crippen molar-refractivity contribution in [3.05, 3.63) is 47.5 Å². The molecule has 0 bridgehead atoms. The zero-order valence-corrected chi connectivity index (χ0v) is 16.9. The Morgan fingerprint density at radius 3 is 2.59 bits per heavy atom. The van der Waals surface area contributed by atoms with Crippen LogP contribution in [0.4, 0.5) is 0 Å². The number of carbonyl (C=O) groups is 1. The summed E-state index contributed by atoms with van der Waals surface area (Å²) in [4.78, 5) is 17.7.